The fraction of sp³-hybridized carbons (Fsp3) is 0.312. The average Bonchev–Trinajstić information content (AvgIpc) is 2.87. The first-order valence-corrected chi connectivity index (χ1v) is 6.80. The van der Waals surface area contributed by atoms with Crippen molar-refractivity contribution in [3.63, 3.8) is 0 Å². The second-order valence-corrected chi connectivity index (χ2v) is 5.06. The van der Waals surface area contributed by atoms with E-state index in [2.05, 4.69) is 10.3 Å². The van der Waals surface area contributed by atoms with E-state index in [0.29, 0.717) is 17.7 Å². The molecule has 0 bridgehead atoms. The minimum atomic E-state index is 0.350. The molecule has 1 aliphatic carbocycles. The number of phenolic OH excluding ortho intramolecular Hbond substituents is 1. The molecule has 1 aliphatic rings. The normalized spacial score (nSPS) is 16.9. The van der Waals surface area contributed by atoms with E-state index >= 15 is 0 Å². The van der Waals surface area contributed by atoms with E-state index in [0.717, 1.165) is 24.9 Å². The number of nitrogens with one attached hydrogen (secondary N) is 1. The number of aromatic hydroxyl groups is 1. The number of ether oxygens (including phenoxy) is 1. The number of pyridine rings is 1. The van der Waals surface area contributed by atoms with Gasteiger partial charge in [0.05, 0.1) is 7.11 Å². The summed E-state index contributed by atoms with van der Waals surface area (Å²) in [6.07, 6.45) is 3.85. The smallest absolute Gasteiger partial charge is 0.213 e. The molecule has 0 saturated carbocycles. The molecule has 1 atom stereocenters. The number of aromatic nitrogens is 1. The molecule has 4 nitrogen and oxygen atoms in total. The van der Waals surface area contributed by atoms with Gasteiger partial charge in [0, 0.05) is 24.8 Å². The number of benzene rings is 1. The van der Waals surface area contributed by atoms with Gasteiger partial charge in [0.2, 0.25) is 5.88 Å². The quantitative estimate of drug-likeness (QED) is 0.896. The number of phenols is 1. The van der Waals surface area contributed by atoms with Gasteiger partial charge in [0.25, 0.3) is 0 Å². The molecule has 2 N–H and O–H groups in total. The first-order valence-electron chi connectivity index (χ1n) is 6.80. The van der Waals surface area contributed by atoms with Gasteiger partial charge in [-0.25, -0.2) is 4.98 Å². The Labute approximate surface area is 118 Å². The summed E-state index contributed by atoms with van der Waals surface area (Å²) in [5.41, 5.74) is 3.70. The molecule has 4 heteroatoms. The summed E-state index contributed by atoms with van der Waals surface area (Å²) < 4.78 is 5.13. The predicted molar refractivity (Wildman–Crippen MR) is 76.8 cm³/mol. The van der Waals surface area contributed by atoms with Gasteiger partial charge < -0.3 is 15.2 Å². The largest absolute Gasteiger partial charge is 0.508 e. The van der Waals surface area contributed by atoms with E-state index in [1.54, 1.807) is 19.4 Å². The van der Waals surface area contributed by atoms with Crippen molar-refractivity contribution in [1.29, 1.82) is 0 Å². The van der Waals surface area contributed by atoms with Crippen LogP contribution in [0.25, 0.3) is 0 Å². The lowest BCUT2D eigenvalue weighted by Crippen LogP contribution is -2.18. The fourth-order valence-electron chi connectivity index (χ4n) is 2.73. The zero-order chi connectivity index (χ0) is 13.9. The Morgan fingerprint density at radius 3 is 3.10 bits per heavy atom. The molecule has 1 unspecified atom stereocenters. The third-order valence-corrected chi connectivity index (χ3v) is 3.77. The van der Waals surface area contributed by atoms with E-state index < -0.39 is 0 Å². The molecule has 2 aromatic rings. The molecule has 0 amide bonds. The molecular formula is C16H18N2O2. The van der Waals surface area contributed by atoms with E-state index in [9.17, 15) is 5.11 Å². The molecule has 0 fully saturated rings. The minimum absolute atomic E-state index is 0.350. The van der Waals surface area contributed by atoms with E-state index in [-0.39, 0.29) is 0 Å². The third kappa shape index (κ3) is 2.60. The zero-order valence-corrected chi connectivity index (χ0v) is 11.5. The average molecular weight is 270 g/mol. The van der Waals surface area contributed by atoms with E-state index in [4.69, 9.17) is 4.74 Å². The summed E-state index contributed by atoms with van der Waals surface area (Å²) in [5, 5.41) is 13.1. The van der Waals surface area contributed by atoms with Crippen LogP contribution in [0.5, 0.6) is 11.6 Å². The van der Waals surface area contributed by atoms with Crippen LogP contribution < -0.4 is 10.1 Å². The highest BCUT2D eigenvalue weighted by molar-refractivity contribution is 5.40. The summed E-state index contributed by atoms with van der Waals surface area (Å²) in [6.45, 7) is 0.782. The van der Waals surface area contributed by atoms with Crippen LogP contribution in [0.4, 0.5) is 0 Å². The van der Waals surface area contributed by atoms with Crippen LogP contribution in [0.2, 0.25) is 0 Å². The molecule has 1 aromatic heterocycles. The van der Waals surface area contributed by atoms with Crippen LogP contribution in [0.1, 0.15) is 29.2 Å². The topological polar surface area (TPSA) is 54.4 Å². The van der Waals surface area contributed by atoms with Crippen molar-refractivity contribution < 1.29 is 9.84 Å². The molecule has 0 aliphatic heterocycles. The highest BCUT2D eigenvalue weighted by Gasteiger charge is 2.22. The maximum Gasteiger partial charge on any atom is 0.213 e. The van der Waals surface area contributed by atoms with E-state index in [1.807, 2.05) is 24.3 Å². The number of fused-ring (bicyclic) bond motifs is 1. The lowest BCUT2D eigenvalue weighted by Gasteiger charge is -2.14. The van der Waals surface area contributed by atoms with Gasteiger partial charge in [0.15, 0.2) is 0 Å². The number of hydrogen-bond acceptors (Lipinski definition) is 4. The van der Waals surface area contributed by atoms with Gasteiger partial charge in [-0.15, -0.1) is 0 Å². The molecule has 0 radical (unpaired) electrons. The minimum Gasteiger partial charge on any atom is -0.508 e. The maximum atomic E-state index is 9.51. The lowest BCUT2D eigenvalue weighted by molar-refractivity contribution is 0.396. The summed E-state index contributed by atoms with van der Waals surface area (Å²) in [5.74, 6) is 0.990. The van der Waals surface area contributed by atoms with Gasteiger partial charge in [0.1, 0.15) is 5.75 Å². The van der Waals surface area contributed by atoms with Crippen molar-refractivity contribution in [1.82, 2.24) is 10.3 Å². The van der Waals surface area contributed by atoms with Crippen molar-refractivity contribution in [2.75, 3.05) is 7.11 Å². The number of hydrogen-bond donors (Lipinski definition) is 2. The monoisotopic (exact) mass is 270 g/mol. The summed E-state index contributed by atoms with van der Waals surface area (Å²) in [4.78, 5) is 4.11. The standard InChI is InChI=1S/C16H18N2O2/c1-20-16-8-11(6-7-17-16)10-18-15-5-2-12-9-13(19)3-4-14(12)15/h3-4,6-9,15,18-19H,2,5,10H2,1H3. The molecular weight excluding hydrogens is 252 g/mol. The maximum absolute atomic E-state index is 9.51. The predicted octanol–water partition coefficient (Wildman–Crippen LogP) is 2.57. The van der Waals surface area contributed by atoms with Crippen LogP contribution in [-0.4, -0.2) is 17.2 Å². The SMILES string of the molecule is COc1cc(CNC2CCc3cc(O)ccc32)ccn1. The second kappa shape index (κ2) is 5.51. The Morgan fingerprint density at radius 2 is 2.25 bits per heavy atom. The zero-order valence-electron chi connectivity index (χ0n) is 11.5. The van der Waals surface area contributed by atoms with Crippen molar-refractivity contribution in [3.8, 4) is 11.6 Å². The molecule has 0 spiro atoms. The molecule has 3 rings (SSSR count). The van der Waals surface area contributed by atoms with Gasteiger partial charge in [-0.05, 0) is 47.7 Å². The van der Waals surface area contributed by atoms with Crippen molar-refractivity contribution in [3.05, 3.63) is 53.2 Å². The molecule has 1 aromatic carbocycles. The second-order valence-electron chi connectivity index (χ2n) is 5.06. The van der Waals surface area contributed by atoms with Gasteiger partial charge >= 0.3 is 0 Å². The molecule has 1 heterocycles. The number of nitrogens with zero attached hydrogens (tertiary/aromatic N) is 1. The highest BCUT2D eigenvalue weighted by atomic mass is 16.5. The van der Waals surface area contributed by atoms with Crippen LogP contribution in [0.15, 0.2) is 36.5 Å². The highest BCUT2D eigenvalue weighted by Crippen LogP contribution is 2.33. The van der Waals surface area contributed by atoms with E-state index in [1.165, 1.54) is 11.1 Å². The number of methoxy groups -OCH3 is 1. The fourth-order valence-corrected chi connectivity index (χ4v) is 2.73. The summed E-state index contributed by atoms with van der Waals surface area (Å²) in [7, 11) is 1.62. The Kier molecular flexibility index (Phi) is 3.56. The van der Waals surface area contributed by atoms with Gasteiger partial charge in [-0.1, -0.05) is 6.07 Å². The first-order chi connectivity index (χ1) is 9.76. The van der Waals surface area contributed by atoms with Crippen LogP contribution in [0.3, 0.4) is 0 Å². The van der Waals surface area contributed by atoms with Crippen LogP contribution >= 0.6 is 0 Å². The van der Waals surface area contributed by atoms with Gasteiger partial charge in [-0.3, -0.25) is 0 Å². The van der Waals surface area contributed by atoms with Gasteiger partial charge in [-0.2, -0.15) is 0 Å². The Morgan fingerprint density at radius 1 is 1.35 bits per heavy atom. The first kappa shape index (κ1) is 12.9. The number of aryl methyl sites for hydroxylation is 1. The summed E-state index contributed by atoms with van der Waals surface area (Å²) in [6, 6.07) is 9.93. The summed E-state index contributed by atoms with van der Waals surface area (Å²) >= 11 is 0. The van der Waals surface area contributed by atoms with Crippen molar-refractivity contribution in [2.45, 2.75) is 25.4 Å². The molecule has 20 heavy (non-hydrogen) atoms. The Hall–Kier alpha value is -2.07. The Balaban J connectivity index is 1.68. The van der Waals surface area contributed by atoms with Crippen LogP contribution in [0, 0.1) is 0 Å². The van der Waals surface area contributed by atoms with Crippen LogP contribution in [-0.2, 0) is 13.0 Å². The molecule has 0 saturated heterocycles. The lowest BCUT2D eigenvalue weighted by atomic mass is 10.1. The Bertz CT molecular complexity index is 613. The molecule has 104 valence electrons. The number of rotatable bonds is 4. The van der Waals surface area contributed by atoms with Crippen molar-refractivity contribution in [2.24, 2.45) is 0 Å². The third-order valence-electron chi connectivity index (χ3n) is 3.77. The van der Waals surface area contributed by atoms with Crippen molar-refractivity contribution >= 4 is 0 Å².